The molecular weight excluding hydrogens is 290 g/mol. The van der Waals surface area contributed by atoms with E-state index in [1.165, 1.54) is 5.57 Å². The fraction of sp³-hybridized carbons (Fsp3) is 0.211. The Bertz CT molecular complexity index is 676. The summed E-state index contributed by atoms with van der Waals surface area (Å²) in [5.41, 5.74) is 4.50. The third-order valence-corrected chi connectivity index (χ3v) is 3.44. The lowest BCUT2D eigenvalue weighted by Gasteiger charge is -2.16. The number of hydroxylamine groups is 1. The number of allylic oxidation sites excluding steroid dienone is 1. The third kappa shape index (κ3) is 4.69. The zero-order valence-electron chi connectivity index (χ0n) is 13.3. The molecule has 2 N–H and O–H groups in total. The van der Waals surface area contributed by atoms with Crippen LogP contribution in [0.25, 0.3) is 0 Å². The highest BCUT2D eigenvalue weighted by atomic mass is 16.5. The Hall–Kier alpha value is -2.59. The maximum atomic E-state index is 12.1. The van der Waals surface area contributed by atoms with Gasteiger partial charge in [0, 0.05) is 0 Å². The number of carbonyl (C=O) groups excluding carboxylic acids is 1. The Kier molecular flexibility index (Phi) is 5.94. The normalized spacial score (nSPS) is 11.4. The molecule has 0 bridgehead atoms. The standard InChI is InChI=1S/C19H21NO3/c1-14(2)11-12-23-17-10-6-9-16(13-17)18(19(21)20-22)15-7-4-3-5-8-15/h3-11,13,18,22H,12H2,1-2H3,(H,20,21). The minimum Gasteiger partial charge on any atom is -0.490 e. The van der Waals surface area contributed by atoms with E-state index in [0.29, 0.717) is 12.4 Å². The largest absolute Gasteiger partial charge is 0.490 e. The molecule has 0 radical (unpaired) electrons. The predicted octanol–water partition coefficient (Wildman–Crippen LogP) is 3.67. The second kappa shape index (κ2) is 8.15. The Labute approximate surface area is 136 Å². The first-order valence-corrected chi connectivity index (χ1v) is 7.47. The average molecular weight is 311 g/mol. The smallest absolute Gasteiger partial charge is 0.255 e. The summed E-state index contributed by atoms with van der Waals surface area (Å²) in [5.74, 6) is -0.377. The molecule has 0 saturated carbocycles. The molecule has 2 aromatic carbocycles. The number of ether oxygens (including phenoxy) is 1. The van der Waals surface area contributed by atoms with E-state index in [2.05, 4.69) is 0 Å². The van der Waals surface area contributed by atoms with Crippen molar-refractivity contribution in [2.45, 2.75) is 19.8 Å². The summed E-state index contributed by atoms with van der Waals surface area (Å²) in [6.45, 7) is 4.50. The van der Waals surface area contributed by atoms with Crippen LogP contribution in [-0.4, -0.2) is 17.7 Å². The number of carbonyl (C=O) groups is 1. The van der Waals surface area contributed by atoms with E-state index in [1.54, 1.807) is 5.48 Å². The zero-order chi connectivity index (χ0) is 16.7. The van der Waals surface area contributed by atoms with Crippen molar-refractivity contribution in [2.75, 3.05) is 6.61 Å². The quantitative estimate of drug-likeness (QED) is 0.486. The topological polar surface area (TPSA) is 58.6 Å². The second-order valence-corrected chi connectivity index (χ2v) is 5.48. The molecule has 0 spiro atoms. The lowest BCUT2D eigenvalue weighted by atomic mass is 9.90. The average Bonchev–Trinajstić information content (AvgIpc) is 2.56. The first-order chi connectivity index (χ1) is 11.1. The van der Waals surface area contributed by atoms with Crippen LogP contribution in [0.1, 0.15) is 30.9 Å². The number of rotatable bonds is 6. The summed E-state index contributed by atoms with van der Waals surface area (Å²) in [7, 11) is 0. The monoisotopic (exact) mass is 311 g/mol. The molecule has 0 aromatic heterocycles. The summed E-state index contributed by atoms with van der Waals surface area (Å²) in [6.07, 6.45) is 1.99. The van der Waals surface area contributed by atoms with Gasteiger partial charge in [-0.05, 0) is 43.2 Å². The molecule has 1 amide bonds. The third-order valence-electron chi connectivity index (χ3n) is 3.44. The van der Waals surface area contributed by atoms with Crippen molar-refractivity contribution < 1.29 is 14.7 Å². The van der Waals surface area contributed by atoms with Crippen molar-refractivity contribution in [1.29, 1.82) is 0 Å². The Morgan fingerprint density at radius 1 is 1.13 bits per heavy atom. The summed E-state index contributed by atoms with van der Waals surface area (Å²) in [5, 5.41) is 9.06. The van der Waals surface area contributed by atoms with Crippen LogP contribution in [0.2, 0.25) is 0 Å². The van der Waals surface area contributed by atoms with Gasteiger partial charge in [-0.1, -0.05) is 48.0 Å². The van der Waals surface area contributed by atoms with E-state index in [-0.39, 0.29) is 0 Å². The van der Waals surface area contributed by atoms with Crippen molar-refractivity contribution in [3.63, 3.8) is 0 Å². The van der Waals surface area contributed by atoms with E-state index in [4.69, 9.17) is 9.94 Å². The molecule has 0 fully saturated rings. The van der Waals surface area contributed by atoms with Crippen molar-refractivity contribution in [3.05, 3.63) is 77.4 Å². The molecule has 0 aliphatic heterocycles. The van der Waals surface area contributed by atoms with Crippen LogP contribution in [0.4, 0.5) is 0 Å². The first kappa shape index (κ1) is 16.8. The lowest BCUT2D eigenvalue weighted by Crippen LogP contribution is -2.27. The van der Waals surface area contributed by atoms with Crippen LogP contribution in [0, 0.1) is 0 Å². The molecule has 0 aliphatic rings. The number of hydrogen-bond donors (Lipinski definition) is 2. The highest BCUT2D eigenvalue weighted by molar-refractivity contribution is 5.86. The van der Waals surface area contributed by atoms with Gasteiger partial charge in [0.1, 0.15) is 12.4 Å². The van der Waals surface area contributed by atoms with E-state index in [9.17, 15) is 4.79 Å². The maximum absolute atomic E-state index is 12.1. The van der Waals surface area contributed by atoms with Gasteiger partial charge in [-0.2, -0.15) is 0 Å². The molecule has 120 valence electrons. The fourth-order valence-electron chi connectivity index (χ4n) is 2.29. The first-order valence-electron chi connectivity index (χ1n) is 7.47. The van der Waals surface area contributed by atoms with Crippen LogP contribution in [0.5, 0.6) is 5.75 Å². The van der Waals surface area contributed by atoms with Gasteiger partial charge in [0.25, 0.3) is 5.91 Å². The molecule has 4 nitrogen and oxygen atoms in total. The van der Waals surface area contributed by atoms with Gasteiger partial charge < -0.3 is 4.74 Å². The number of nitrogens with one attached hydrogen (secondary N) is 1. The van der Waals surface area contributed by atoms with Crippen molar-refractivity contribution in [2.24, 2.45) is 0 Å². The number of hydrogen-bond acceptors (Lipinski definition) is 3. The predicted molar refractivity (Wildman–Crippen MR) is 89.6 cm³/mol. The number of benzene rings is 2. The van der Waals surface area contributed by atoms with E-state index in [1.807, 2.05) is 74.5 Å². The molecule has 0 aliphatic carbocycles. The molecule has 4 heteroatoms. The molecule has 0 heterocycles. The molecule has 23 heavy (non-hydrogen) atoms. The highest BCUT2D eigenvalue weighted by Crippen LogP contribution is 2.27. The summed E-state index contributed by atoms with van der Waals surface area (Å²) >= 11 is 0. The van der Waals surface area contributed by atoms with E-state index >= 15 is 0 Å². The molecule has 2 aromatic rings. The summed E-state index contributed by atoms with van der Waals surface area (Å²) in [6, 6.07) is 16.7. The molecular formula is C19H21NO3. The van der Waals surface area contributed by atoms with Gasteiger partial charge in [-0.25, -0.2) is 5.48 Å². The fourth-order valence-corrected chi connectivity index (χ4v) is 2.29. The van der Waals surface area contributed by atoms with Gasteiger partial charge in [0.05, 0.1) is 5.92 Å². The lowest BCUT2D eigenvalue weighted by molar-refractivity contribution is -0.129. The molecule has 1 atom stereocenters. The SMILES string of the molecule is CC(C)=CCOc1cccc(C(C(=O)NO)c2ccccc2)c1. The van der Waals surface area contributed by atoms with Gasteiger partial charge in [-0.15, -0.1) is 0 Å². The van der Waals surface area contributed by atoms with E-state index < -0.39 is 11.8 Å². The van der Waals surface area contributed by atoms with Crippen LogP contribution in [0.3, 0.4) is 0 Å². The van der Waals surface area contributed by atoms with E-state index in [0.717, 1.165) is 11.1 Å². The second-order valence-electron chi connectivity index (χ2n) is 5.48. The molecule has 1 unspecified atom stereocenters. The van der Waals surface area contributed by atoms with Crippen LogP contribution >= 0.6 is 0 Å². The van der Waals surface area contributed by atoms with Gasteiger partial charge in [0.2, 0.25) is 0 Å². The highest BCUT2D eigenvalue weighted by Gasteiger charge is 2.22. The van der Waals surface area contributed by atoms with Gasteiger partial charge in [-0.3, -0.25) is 10.0 Å². The summed E-state index contributed by atoms with van der Waals surface area (Å²) < 4.78 is 5.69. The minimum absolute atomic E-state index is 0.474. The Balaban J connectivity index is 2.29. The molecule has 2 rings (SSSR count). The minimum atomic E-state index is -0.590. The van der Waals surface area contributed by atoms with Gasteiger partial charge >= 0.3 is 0 Å². The van der Waals surface area contributed by atoms with Gasteiger partial charge in [0.15, 0.2) is 0 Å². The maximum Gasteiger partial charge on any atom is 0.255 e. The molecule has 0 saturated heterocycles. The van der Waals surface area contributed by atoms with Crippen LogP contribution in [-0.2, 0) is 4.79 Å². The zero-order valence-corrected chi connectivity index (χ0v) is 13.3. The van der Waals surface area contributed by atoms with Crippen LogP contribution < -0.4 is 10.2 Å². The Morgan fingerprint density at radius 2 is 1.83 bits per heavy atom. The van der Waals surface area contributed by atoms with Crippen molar-refractivity contribution >= 4 is 5.91 Å². The van der Waals surface area contributed by atoms with Crippen LogP contribution in [0.15, 0.2) is 66.2 Å². The van der Waals surface area contributed by atoms with Crippen molar-refractivity contribution in [3.8, 4) is 5.75 Å². The Morgan fingerprint density at radius 3 is 2.48 bits per heavy atom. The van der Waals surface area contributed by atoms with Crippen molar-refractivity contribution in [1.82, 2.24) is 5.48 Å². The summed E-state index contributed by atoms with van der Waals surface area (Å²) in [4.78, 5) is 12.1. The number of amides is 1.